The second kappa shape index (κ2) is 7.81. The largest absolute Gasteiger partial charge is 0.337 e. The Morgan fingerprint density at radius 2 is 1.23 bits per heavy atom. The number of halogens is 2. The van der Waals surface area contributed by atoms with Crippen LogP contribution in [0.1, 0.15) is 0 Å². The van der Waals surface area contributed by atoms with Crippen LogP contribution in [0.15, 0.2) is 39.7 Å². The van der Waals surface area contributed by atoms with E-state index in [-0.39, 0.29) is 24.3 Å². The molecule has 1 heterocycles. The molecule has 7 nitrogen and oxygen atoms in total. The minimum absolute atomic E-state index is 0.0822. The van der Waals surface area contributed by atoms with Crippen LogP contribution in [0.4, 0.5) is 0 Å². The standard InChI is InChI=1S/C12H16Cl2N3O4P/c1-3-5-15-10(18)16(6-4-2)12(20)17(11(15)19)9-22(21,7-13)8-14/h3-4H,1-2,5-9H2. The molecule has 0 saturated carbocycles. The molecule has 1 aromatic heterocycles. The lowest BCUT2D eigenvalue weighted by Crippen LogP contribution is -2.54. The first-order valence-electron chi connectivity index (χ1n) is 6.20. The third kappa shape index (κ3) is 3.72. The lowest BCUT2D eigenvalue weighted by Gasteiger charge is -2.16. The zero-order chi connectivity index (χ0) is 16.9. The van der Waals surface area contributed by atoms with E-state index in [2.05, 4.69) is 13.2 Å². The maximum atomic E-state index is 12.3. The van der Waals surface area contributed by atoms with Gasteiger partial charge in [-0.1, -0.05) is 12.2 Å². The van der Waals surface area contributed by atoms with Crippen LogP contribution in [-0.4, -0.2) is 24.9 Å². The summed E-state index contributed by atoms with van der Waals surface area (Å²) in [5.74, 6) is 0. The van der Waals surface area contributed by atoms with Gasteiger partial charge < -0.3 is 4.57 Å². The molecule has 0 aromatic carbocycles. The highest BCUT2D eigenvalue weighted by Crippen LogP contribution is 2.48. The Morgan fingerprint density at radius 3 is 1.55 bits per heavy atom. The van der Waals surface area contributed by atoms with E-state index in [1.807, 2.05) is 0 Å². The summed E-state index contributed by atoms with van der Waals surface area (Å²) in [6, 6.07) is 0. The van der Waals surface area contributed by atoms with E-state index in [1.165, 1.54) is 12.2 Å². The highest BCUT2D eigenvalue weighted by Gasteiger charge is 2.24. The second-order valence-electron chi connectivity index (χ2n) is 4.51. The monoisotopic (exact) mass is 367 g/mol. The summed E-state index contributed by atoms with van der Waals surface area (Å²) in [6.45, 7) is 6.76. The summed E-state index contributed by atoms with van der Waals surface area (Å²) in [5, 5.41) is 0. The van der Waals surface area contributed by atoms with E-state index < -0.39 is 30.5 Å². The van der Waals surface area contributed by atoms with Gasteiger partial charge in [0.1, 0.15) is 7.14 Å². The zero-order valence-electron chi connectivity index (χ0n) is 11.8. The molecule has 1 rings (SSSR count). The number of rotatable bonds is 8. The van der Waals surface area contributed by atoms with E-state index in [4.69, 9.17) is 23.2 Å². The Hall–Kier alpha value is -1.30. The Morgan fingerprint density at radius 1 is 0.864 bits per heavy atom. The molecule has 0 aliphatic carbocycles. The first-order valence-corrected chi connectivity index (χ1v) is 9.53. The van der Waals surface area contributed by atoms with Crippen LogP contribution < -0.4 is 17.1 Å². The summed E-state index contributed by atoms with van der Waals surface area (Å²) in [6.07, 6.45) is 2.27. The van der Waals surface area contributed by atoms with Crippen molar-refractivity contribution in [2.75, 3.05) is 11.2 Å². The van der Waals surface area contributed by atoms with Gasteiger partial charge in [-0.15, -0.1) is 36.4 Å². The highest BCUT2D eigenvalue weighted by atomic mass is 35.5. The SMILES string of the molecule is C=CCn1c(=O)n(CC=C)c(=O)n(CP(=O)(CCl)CCl)c1=O. The van der Waals surface area contributed by atoms with Gasteiger partial charge >= 0.3 is 17.1 Å². The van der Waals surface area contributed by atoms with Gasteiger partial charge in [-0.3, -0.25) is 0 Å². The van der Waals surface area contributed by atoms with Crippen molar-refractivity contribution in [1.82, 2.24) is 13.7 Å². The number of aromatic nitrogens is 3. The summed E-state index contributed by atoms with van der Waals surface area (Å²) < 4.78 is 14.7. The van der Waals surface area contributed by atoms with Crippen LogP contribution >= 0.6 is 30.3 Å². The van der Waals surface area contributed by atoms with Gasteiger partial charge in [-0.2, -0.15) is 0 Å². The summed E-state index contributed by atoms with van der Waals surface area (Å²) in [7, 11) is -3.14. The number of nitrogens with zero attached hydrogens (tertiary/aromatic N) is 3. The first kappa shape index (κ1) is 18.7. The van der Waals surface area contributed by atoms with E-state index in [9.17, 15) is 18.9 Å². The summed E-state index contributed by atoms with van der Waals surface area (Å²) in [4.78, 5) is 36.7. The zero-order valence-corrected chi connectivity index (χ0v) is 14.2. The van der Waals surface area contributed by atoms with Crippen LogP contribution in [0, 0.1) is 0 Å². The molecule has 0 aliphatic rings. The van der Waals surface area contributed by atoms with Crippen LogP contribution in [0.3, 0.4) is 0 Å². The molecule has 22 heavy (non-hydrogen) atoms. The predicted molar refractivity (Wildman–Crippen MR) is 88.7 cm³/mol. The molecule has 0 radical (unpaired) electrons. The Bertz CT molecular complexity index is 737. The maximum absolute atomic E-state index is 12.3. The third-order valence-corrected chi connectivity index (χ3v) is 7.13. The van der Waals surface area contributed by atoms with E-state index >= 15 is 0 Å². The fourth-order valence-electron chi connectivity index (χ4n) is 1.74. The average molecular weight is 368 g/mol. The topological polar surface area (TPSA) is 83.1 Å². The quantitative estimate of drug-likeness (QED) is 0.393. The van der Waals surface area contributed by atoms with Gasteiger partial charge in [-0.25, -0.2) is 28.1 Å². The lowest BCUT2D eigenvalue weighted by molar-refractivity contribution is 0.501. The molecular weight excluding hydrogens is 352 g/mol. The normalized spacial score (nSPS) is 11.4. The first-order chi connectivity index (χ1) is 10.3. The molecule has 0 atom stereocenters. The molecule has 10 heteroatoms. The maximum Gasteiger partial charge on any atom is 0.337 e. The van der Waals surface area contributed by atoms with Gasteiger partial charge in [-0.05, 0) is 0 Å². The fraction of sp³-hybridized carbons (Fsp3) is 0.417. The third-order valence-electron chi connectivity index (χ3n) is 2.84. The second-order valence-corrected chi connectivity index (χ2v) is 8.82. The minimum Gasteiger partial charge on any atom is -0.319 e. The van der Waals surface area contributed by atoms with E-state index in [1.54, 1.807) is 0 Å². The van der Waals surface area contributed by atoms with Crippen molar-refractivity contribution in [1.29, 1.82) is 0 Å². The van der Waals surface area contributed by atoms with Crippen molar-refractivity contribution in [3.63, 3.8) is 0 Å². The molecule has 0 N–H and O–H groups in total. The summed E-state index contributed by atoms with van der Waals surface area (Å²) >= 11 is 11.2. The van der Waals surface area contributed by atoms with E-state index in [0.29, 0.717) is 0 Å². The van der Waals surface area contributed by atoms with Crippen LogP contribution in [0.2, 0.25) is 0 Å². The van der Waals surface area contributed by atoms with Gasteiger partial charge in [0, 0.05) is 0 Å². The fourth-order valence-corrected chi connectivity index (χ4v) is 3.93. The Kier molecular flexibility index (Phi) is 6.66. The molecule has 122 valence electrons. The van der Waals surface area contributed by atoms with Crippen LogP contribution in [0.25, 0.3) is 0 Å². The minimum atomic E-state index is -3.14. The van der Waals surface area contributed by atoms with Crippen molar-refractivity contribution in [3.05, 3.63) is 56.8 Å². The van der Waals surface area contributed by atoms with E-state index in [0.717, 1.165) is 13.7 Å². The number of allylic oxidation sites excluding steroid dienone is 2. The predicted octanol–water partition coefficient (Wildman–Crippen LogP) is 1.26. The van der Waals surface area contributed by atoms with Crippen molar-refractivity contribution in [3.8, 4) is 0 Å². The molecule has 0 spiro atoms. The van der Waals surface area contributed by atoms with Crippen molar-refractivity contribution in [2.45, 2.75) is 19.4 Å². The van der Waals surface area contributed by atoms with Gasteiger partial charge in [0.05, 0.1) is 30.6 Å². The van der Waals surface area contributed by atoms with Crippen LogP contribution in [-0.2, 0) is 23.9 Å². The van der Waals surface area contributed by atoms with Crippen molar-refractivity contribution >= 4 is 30.3 Å². The summed E-state index contributed by atoms with van der Waals surface area (Å²) in [5.41, 5.74) is -3.07. The number of hydrogen-bond donors (Lipinski definition) is 0. The average Bonchev–Trinajstić information content (AvgIpc) is 2.52. The smallest absolute Gasteiger partial charge is 0.319 e. The number of hydrogen-bond acceptors (Lipinski definition) is 4. The lowest BCUT2D eigenvalue weighted by atomic mass is 10.5. The van der Waals surface area contributed by atoms with Crippen LogP contribution in [0.5, 0.6) is 0 Å². The van der Waals surface area contributed by atoms with Gasteiger partial charge in [0.25, 0.3) is 0 Å². The molecule has 0 unspecified atom stereocenters. The molecule has 0 fully saturated rings. The molecule has 0 amide bonds. The molecule has 0 saturated heterocycles. The Balaban J connectivity index is 3.70. The van der Waals surface area contributed by atoms with Crippen molar-refractivity contribution in [2.24, 2.45) is 0 Å². The number of alkyl halides is 2. The molecule has 1 aromatic rings. The molecular formula is C12H16Cl2N3O4P. The molecule has 0 aliphatic heterocycles. The van der Waals surface area contributed by atoms with Crippen molar-refractivity contribution < 1.29 is 4.57 Å². The highest BCUT2D eigenvalue weighted by molar-refractivity contribution is 7.65. The van der Waals surface area contributed by atoms with Gasteiger partial charge in [0.15, 0.2) is 0 Å². The van der Waals surface area contributed by atoms with Gasteiger partial charge in [0.2, 0.25) is 0 Å². The Labute approximate surface area is 136 Å². The molecule has 0 bridgehead atoms.